The standard InChI is InChI=1S/C31H23ClN4O3S/c32-25-14-16-26(17-15-25)40(38,39)27(20-33)19-28-30(34-29-13-7-8-18-36(29)31(28)37)35(21-23-9-3-1-4-10-23)22-24-11-5-2-6-12-24/h1-19H,21-22H2. The molecule has 9 heteroatoms. The van der Waals surface area contributed by atoms with Crippen molar-refractivity contribution in [1.29, 1.82) is 5.26 Å². The number of sulfone groups is 1. The van der Waals surface area contributed by atoms with Gasteiger partial charge in [0.25, 0.3) is 5.56 Å². The highest BCUT2D eigenvalue weighted by Crippen LogP contribution is 2.27. The molecule has 0 aliphatic rings. The third-order valence-electron chi connectivity index (χ3n) is 6.28. The first-order valence-corrected chi connectivity index (χ1v) is 14.2. The lowest BCUT2D eigenvalue weighted by Gasteiger charge is -2.26. The van der Waals surface area contributed by atoms with E-state index < -0.39 is 20.3 Å². The minimum Gasteiger partial charge on any atom is -0.347 e. The minimum absolute atomic E-state index is 0.00958. The van der Waals surface area contributed by atoms with Gasteiger partial charge in [0.2, 0.25) is 9.84 Å². The van der Waals surface area contributed by atoms with Gasteiger partial charge >= 0.3 is 0 Å². The lowest BCUT2D eigenvalue weighted by molar-refractivity contribution is 0.603. The molecule has 0 saturated heterocycles. The number of halogens is 1. The fourth-order valence-corrected chi connectivity index (χ4v) is 5.58. The van der Waals surface area contributed by atoms with Gasteiger partial charge in [0.15, 0.2) is 0 Å². The largest absolute Gasteiger partial charge is 0.347 e. The maximum absolute atomic E-state index is 13.8. The van der Waals surface area contributed by atoms with E-state index >= 15 is 0 Å². The highest BCUT2D eigenvalue weighted by Gasteiger charge is 2.25. The molecule has 3 aromatic carbocycles. The molecule has 198 valence electrons. The maximum atomic E-state index is 13.8. The Hall–Kier alpha value is -4.71. The molecule has 0 amide bonds. The zero-order chi connectivity index (χ0) is 28.1. The second-order valence-corrected chi connectivity index (χ2v) is 11.3. The number of rotatable bonds is 8. The number of nitriles is 1. The SMILES string of the molecule is N#CC(=Cc1c(N(Cc2ccccc2)Cc2ccccc2)nc2ccccn2c1=O)S(=O)(=O)c1ccc(Cl)cc1. The van der Waals surface area contributed by atoms with Crippen molar-refractivity contribution in [2.75, 3.05) is 4.90 Å². The third kappa shape index (κ3) is 5.66. The summed E-state index contributed by atoms with van der Waals surface area (Å²) in [5.74, 6) is 0.267. The Balaban J connectivity index is 1.74. The number of pyridine rings is 1. The molecular formula is C31H23ClN4O3S. The van der Waals surface area contributed by atoms with E-state index in [9.17, 15) is 18.5 Å². The van der Waals surface area contributed by atoms with Crippen LogP contribution in [0.3, 0.4) is 0 Å². The van der Waals surface area contributed by atoms with Crippen molar-refractivity contribution in [2.45, 2.75) is 18.0 Å². The van der Waals surface area contributed by atoms with Crippen LogP contribution in [0.4, 0.5) is 5.82 Å². The monoisotopic (exact) mass is 566 g/mol. The molecule has 40 heavy (non-hydrogen) atoms. The number of aromatic nitrogens is 2. The van der Waals surface area contributed by atoms with Gasteiger partial charge in [-0.15, -0.1) is 0 Å². The molecule has 0 atom stereocenters. The molecule has 0 fully saturated rings. The Labute approximate surface area is 236 Å². The molecule has 0 bridgehead atoms. The summed E-state index contributed by atoms with van der Waals surface area (Å²) in [5, 5.41) is 10.3. The van der Waals surface area contributed by atoms with Crippen molar-refractivity contribution in [3.63, 3.8) is 0 Å². The lowest BCUT2D eigenvalue weighted by atomic mass is 10.1. The maximum Gasteiger partial charge on any atom is 0.267 e. The minimum atomic E-state index is -4.25. The summed E-state index contributed by atoms with van der Waals surface area (Å²) in [6.07, 6.45) is 2.68. The molecule has 0 aliphatic heterocycles. The Morgan fingerprint density at radius 2 is 1.45 bits per heavy atom. The molecule has 0 unspecified atom stereocenters. The van der Waals surface area contributed by atoms with E-state index in [-0.39, 0.29) is 16.3 Å². The zero-order valence-electron chi connectivity index (χ0n) is 21.2. The first-order valence-electron chi connectivity index (χ1n) is 12.3. The van der Waals surface area contributed by atoms with Crippen LogP contribution in [0.25, 0.3) is 11.7 Å². The summed E-state index contributed by atoms with van der Waals surface area (Å²) in [4.78, 5) is 19.9. The predicted octanol–water partition coefficient (Wildman–Crippen LogP) is 5.89. The summed E-state index contributed by atoms with van der Waals surface area (Å²) in [7, 11) is -4.25. The Kier molecular flexibility index (Phi) is 7.78. The molecule has 2 aromatic heterocycles. The fourth-order valence-electron chi connectivity index (χ4n) is 4.31. The van der Waals surface area contributed by atoms with E-state index in [4.69, 9.17) is 16.6 Å². The number of anilines is 1. The van der Waals surface area contributed by atoms with Crippen LogP contribution in [0.5, 0.6) is 0 Å². The van der Waals surface area contributed by atoms with E-state index in [0.717, 1.165) is 17.2 Å². The molecule has 5 aromatic rings. The lowest BCUT2D eigenvalue weighted by Crippen LogP contribution is -2.29. The van der Waals surface area contributed by atoms with Gasteiger partial charge in [-0.1, -0.05) is 78.3 Å². The Bertz CT molecular complexity index is 1860. The number of allylic oxidation sites excluding steroid dienone is 1. The van der Waals surface area contributed by atoms with Crippen LogP contribution in [0.2, 0.25) is 5.02 Å². The number of benzene rings is 3. The first-order chi connectivity index (χ1) is 19.4. The van der Waals surface area contributed by atoms with Gasteiger partial charge in [-0.2, -0.15) is 5.26 Å². The molecule has 7 nitrogen and oxygen atoms in total. The van der Waals surface area contributed by atoms with E-state index in [1.54, 1.807) is 30.5 Å². The molecule has 0 radical (unpaired) electrons. The highest BCUT2D eigenvalue weighted by molar-refractivity contribution is 7.95. The normalized spacial score (nSPS) is 11.8. The van der Waals surface area contributed by atoms with Crippen molar-refractivity contribution in [1.82, 2.24) is 9.38 Å². The van der Waals surface area contributed by atoms with Gasteiger partial charge in [0, 0.05) is 24.3 Å². The van der Waals surface area contributed by atoms with Crippen LogP contribution in [-0.2, 0) is 22.9 Å². The molecule has 5 rings (SSSR count). The first kappa shape index (κ1) is 26.9. The van der Waals surface area contributed by atoms with Gasteiger partial charge in [0.05, 0.1) is 10.5 Å². The molecule has 0 spiro atoms. The topological polar surface area (TPSA) is 95.5 Å². The van der Waals surface area contributed by atoms with Crippen molar-refractivity contribution >= 4 is 39.0 Å². The van der Waals surface area contributed by atoms with Crippen LogP contribution in [0.1, 0.15) is 16.7 Å². The summed E-state index contributed by atoms with van der Waals surface area (Å²) in [6, 6.07) is 31.9. The summed E-state index contributed by atoms with van der Waals surface area (Å²) >= 11 is 5.94. The zero-order valence-corrected chi connectivity index (χ0v) is 22.8. The smallest absolute Gasteiger partial charge is 0.267 e. The van der Waals surface area contributed by atoms with Crippen LogP contribution in [0.15, 0.2) is 124 Å². The van der Waals surface area contributed by atoms with Crippen LogP contribution in [0, 0.1) is 11.3 Å². The third-order valence-corrected chi connectivity index (χ3v) is 8.21. The van der Waals surface area contributed by atoms with Gasteiger partial charge in [0.1, 0.15) is 22.4 Å². The van der Waals surface area contributed by atoms with Crippen molar-refractivity contribution in [3.8, 4) is 6.07 Å². The molecular weight excluding hydrogens is 544 g/mol. The summed E-state index contributed by atoms with van der Waals surface area (Å²) in [6.45, 7) is 0.773. The Morgan fingerprint density at radius 1 is 0.875 bits per heavy atom. The van der Waals surface area contributed by atoms with Gasteiger partial charge in [-0.3, -0.25) is 9.20 Å². The molecule has 0 N–H and O–H groups in total. The second kappa shape index (κ2) is 11.6. The van der Waals surface area contributed by atoms with Crippen LogP contribution >= 0.6 is 11.6 Å². The molecule has 0 aliphatic carbocycles. The van der Waals surface area contributed by atoms with Crippen molar-refractivity contribution in [2.24, 2.45) is 0 Å². The van der Waals surface area contributed by atoms with Crippen LogP contribution in [-0.4, -0.2) is 17.8 Å². The summed E-state index contributed by atoms with van der Waals surface area (Å²) < 4.78 is 28.2. The molecule has 0 saturated carbocycles. The van der Waals surface area contributed by atoms with Crippen molar-refractivity contribution in [3.05, 3.63) is 146 Å². The van der Waals surface area contributed by atoms with Gasteiger partial charge in [-0.25, -0.2) is 13.4 Å². The van der Waals surface area contributed by atoms with E-state index in [1.165, 1.54) is 28.7 Å². The molecule has 2 heterocycles. The van der Waals surface area contributed by atoms with E-state index in [2.05, 4.69) is 0 Å². The van der Waals surface area contributed by atoms with E-state index in [0.29, 0.717) is 23.8 Å². The second-order valence-electron chi connectivity index (χ2n) is 8.99. The van der Waals surface area contributed by atoms with Crippen LogP contribution < -0.4 is 10.5 Å². The number of hydrogen-bond donors (Lipinski definition) is 0. The van der Waals surface area contributed by atoms with Gasteiger partial charge in [-0.05, 0) is 53.6 Å². The number of hydrogen-bond acceptors (Lipinski definition) is 6. The quantitative estimate of drug-likeness (QED) is 0.217. The average molecular weight is 567 g/mol. The highest BCUT2D eigenvalue weighted by atomic mass is 35.5. The number of nitrogens with zero attached hydrogens (tertiary/aromatic N) is 4. The van der Waals surface area contributed by atoms with Crippen molar-refractivity contribution < 1.29 is 8.42 Å². The predicted molar refractivity (Wildman–Crippen MR) is 156 cm³/mol. The Morgan fingerprint density at radius 3 is 2.02 bits per heavy atom. The van der Waals surface area contributed by atoms with E-state index in [1.807, 2.05) is 65.6 Å². The van der Waals surface area contributed by atoms with Gasteiger partial charge < -0.3 is 4.90 Å². The number of fused-ring (bicyclic) bond motifs is 1. The average Bonchev–Trinajstić information content (AvgIpc) is 2.97. The fraction of sp³-hybridized carbons (Fsp3) is 0.0645. The summed E-state index contributed by atoms with van der Waals surface area (Å²) in [5.41, 5.74) is 1.83.